The molecule has 1 N–H and O–H groups in total. The number of benzene rings is 3. The van der Waals surface area contributed by atoms with E-state index in [1.165, 1.54) is 18.2 Å². The van der Waals surface area contributed by atoms with Gasteiger partial charge in [-0.2, -0.15) is 0 Å². The lowest BCUT2D eigenvalue weighted by Gasteiger charge is -2.16. The van der Waals surface area contributed by atoms with Gasteiger partial charge in [-0.3, -0.25) is 0 Å². The number of hydrogen-bond acceptors (Lipinski definition) is 2. The number of halogens is 3. The van der Waals surface area contributed by atoms with Gasteiger partial charge in [-0.15, -0.1) is 0 Å². The molecule has 0 atom stereocenters. The first-order valence-corrected chi connectivity index (χ1v) is 11.7. The Hall–Kier alpha value is -3.70. The number of nitrogens with one attached hydrogen (secondary N) is 1. The molecule has 35 heavy (non-hydrogen) atoms. The summed E-state index contributed by atoms with van der Waals surface area (Å²) in [5, 5.41) is 0.736. The van der Waals surface area contributed by atoms with Gasteiger partial charge >= 0.3 is 5.97 Å². The van der Waals surface area contributed by atoms with Crippen molar-refractivity contribution in [2.75, 3.05) is 6.61 Å². The van der Waals surface area contributed by atoms with E-state index in [9.17, 15) is 9.18 Å². The number of rotatable bonds is 7. The summed E-state index contributed by atoms with van der Waals surface area (Å²) in [6.07, 6.45) is 3.55. The molecule has 1 aromatic heterocycles. The molecule has 4 rings (SSSR count). The Bertz CT molecular complexity index is 1440. The maximum absolute atomic E-state index is 15.7. The van der Waals surface area contributed by atoms with E-state index in [0.29, 0.717) is 40.8 Å². The molecule has 3 nitrogen and oxygen atoms in total. The second-order valence-electron chi connectivity index (χ2n) is 7.90. The highest BCUT2D eigenvalue weighted by molar-refractivity contribution is 6.32. The van der Waals surface area contributed by atoms with E-state index in [1.807, 2.05) is 43.3 Å². The molecule has 0 bridgehead atoms. The monoisotopic (exact) mass is 491 g/mol. The molecule has 1 heterocycles. The fraction of sp³-hybridized carbons (Fsp3) is 0.138. The second-order valence-corrected chi connectivity index (χ2v) is 8.31. The van der Waals surface area contributed by atoms with Crippen molar-refractivity contribution in [1.82, 2.24) is 4.98 Å². The summed E-state index contributed by atoms with van der Waals surface area (Å²) < 4.78 is 34.4. The summed E-state index contributed by atoms with van der Waals surface area (Å²) in [7, 11) is 0. The van der Waals surface area contributed by atoms with Gasteiger partial charge in [0.15, 0.2) is 5.82 Å². The summed E-state index contributed by atoms with van der Waals surface area (Å²) in [4.78, 5) is 14.9. The maximum atomic E-state index is 15.7. The molecule has 0 radical (unpaired) electrons. The van der Waals surface area contributed by atoms with Gasteiger partial charge in [0, 0.05) is 22.6 Å². The second kappa shape index (κ2) is 10.7. The van der Waals surface area contributed by atoms with Crippen molar-refractivity contribution < 1.29 is 18.3 Å². The van der Waals surface area contributed by atoms with Crippen LogP contribution in [0, 0.1) is 11.6 Å². The quantitative estimate of drug-likeness (QED) is 0.161. The molecule has 0 aliphatic heterocycles. The summed E-state index contributed by atoms with van der Waals surface area (Å²) in [6, 6.07) is 18.8. The zero-order valence-corrected chi connectivity index (χ0v) is 20.1. The van der Waals surface area contributed by atoms with E-state index < -0.39 is 11.8 Å². The summed E-state index contributed by atoms with van der Waals surface area (Å²) in [5.41, 5.74) is 4.59. The van der Waals surface area contributed by atoms with Crippen LogP contribution in [0.5, 0.6) is 0 Å². The number of esters is 1. The third kappa shape index (κ3) is 5.20. The Morgan fingerprint density at radius 1 is 1.03 bits per heavy atom. The van der Waals surface area contributed by atoms with Gasteiger partial charge in [-0.05, 0) is 65.9 Å². The fourth-order valence-corrected chi connectivity index (χ4v) is 4.38. The predicted octanol–water partition coefficient (Wildman–Crippen LogP) is 8.04. The van der Waals surface area contributed by atoms with Gasteiger partial charge in [0.2, 0.25) is 0 Å². The third-order valence-electron chi connectivity index (χ3n) is 5.70. The van der Waals surface area contributed by atoms with Gasteiger partial charge < -0.3 is 9.72 Å². The van der Waals surface area contributed by atoms with Crippen LogP contribution in [0.2, 0.25) is 5.02 Å². The van der Waals surface area contributed by atoms with Crippen LogP contribution in [0.1, 0.15) is 42.7 Å². The summed E-state index contributed by atoms with van der Waals surface area (Å²) in [5.74, 6) is -1.23. The molecule has 178 valence electrons. The Morgan fingerprint density at radius 2 is 1.77 bits per heavy atom. The lowest BCUT2D eigenvalue weighted by Crippen LogP contribution is -1.99. The summed E-state index contributed by atoms with van der Waals surface area (Å²) in [6.45, 7) is 4.00. The molecule has 0 saturated heterocycles. The van der Waals surface area contributed by atoms with Crippen molar-refractivity contribution >= 4 is 45.7 Å². The highest BCUT2D eigenvalue weighted by atomic mass is 35.5. The molecule has 0 fully saturated rings. The molecule has 0 spiro atoms. The topological polar surface area (TPSA) is 42.1 Å². The van der Waals surface area contributed by atoms with E-state index in [0.717, 1.165) is 16.7 Å². The average molecular weight is 492 g/mol. The number of para-hydroxylation sites is 1. The minimum absolute atomic E-state index is 0.254. The number of allylic oxidation sites excluding steroid dienone is 1. The predicted molar refractivity (Wildman–Crippen MR) is 138 cm³/mol. The van der Waals surface area contributed by atoms with Gasteiger partial charge in [-0.1, -0.05) is 61.0 Å². The largest absolute Gasteiger partial charge is 0.463 e. The molecule has 4 aromatic rings. The maximum Gasteiger partial charge on any atom is 0.330 e. The van der Waals surface area contributed by atoms with Crippen LogP contribution >= 0.6 is 11.6 Å². The van der Waals surface area contributed by atoms with Crippen LogP contribution in [0.3, 0.4) is 0 Å². The summed E-state index contributed by atoms with van der Waals surface area (Å²) >= 11 is 6.43. The van der Waals surface area contributed by atoms with Gasteiger partial charge in [0.25, 0.3) is 0 Å². The normalized spacial score (nSPS) is 12.3. The molecule has 6 heteroatoms. The van der Waals surface area contributed by atoms with E-state index in [4.69, 9.17) is 16.3 Å². The molecule has 0 aliphatic carbocycles. The third-order valence-corrected chi connectivity index (χ3v) is 6.01. The number of hydrogen-bond donors (Lipinski definition) is 1. The lowest BCUT2D eigenvalue weighted by atomic mass is 9.90. The Balaban J connectivity index is 1.90. The number of aromatic amines is 1. The minimum Gasteiger partial charge on any atom is -0.463 e. The van der Waals surface area contributed by atoms with Crippen molar-refractivity contribution in [3.05, 3.63) is 112 Å². The van der Waals surface area contributed by atoms with Crippen LogP contribution < -0.4 is 0 Å². The number of H-pyrrole nitrogens is 1. The van der Waals surface area contributed by atoms with Crippen LogP contribution in [0.4, 0.5) is 8.78 Å². The number of carbonyl (C=O) groups excluding carboxylic acids is 1. The standard InChI is InChI=1S/C29H24ClF2NO2/c1-3-21(22-15-14-20(31)17-24(22)30)27(29-28(32)23-7-5-6-8-25(23)33-29)19-12-9-18(10-13-19)11-16-26(34)35-4-2/h5-17,33H,3-4H2,1-2H3/b16-11+,27-21+. The Morgan fingerprint density at radius 3 is 2.43 bits per heavy atom. The van der Waals surface area contributed by atoms with Crippen molar-refractivity contribution in [3.8, 4) is 0 Å². The highest BCUT2D eigenvalue weighted by Crippen LogP contribution is 2.39. The molecular weight excluding hydrogens is 468 g/mol. The molecular formula is C29H24ClF2NO2. The van der Waals surface area contributed by atoms with Crippen molar-refractivity contribution in [2.45, 2.75) is 20.3 Å². The highest BCUT2D eigenvalue weighted by Gasteiger charge is 2.21. The first-order valence-electron chi connectivity index (χ1n) is 11.3. The van der Waals surface area contributed by atoms with E-state index in [2.05, 4.69) is 4.98 Å². The number of aromatic nitrogens is 1. The van der Waals surface area contributed by atoms with Crippen LogP contribution in [0.25, 0.3) is 28.1 Å². The first kappa shape index (κ1) is 24.4. The molecule has 0 unspecified atom stereocenters. The van der Waals surface area contributed by atoms with Gasteiger partial charge in [-0.25, -0.2) is 13.6 Å². The smallest absolute Gasteiger partial charge is 0.330 e. The number of fused-ring (bicyclic) bond motifs is 1. The van der Waals surface area contributed by atoms with E-state index in [-0.39, 0.29) is 10.8 Å². The van der Waals surface area contributed by atoms with E-state index >= 15 is 4.39 Å². The molecule has 0 amide bonds. The fourth-order valence-electron chi connectivity index (χ4n) is 4.10. The zero-order chi connectivity index (χ0) is 24.9. The molecule has 0 aliphatic rings. The minimum atomic E-state index is -0.440. The van der Waals surface area contributed by atoms with Crippen LogP contribution in [-0.4, -0.2) is 17.6 Å². The number of ether oxygens (including phenoxy) is 1. The SMILES string of the molecule is CCOC(=O)/C=C/c1ccc(/C(=C(/CC)c2ccc(F)cc2Cl)c2[nH]c3ccccc3c2F)cc1. The Labute approximate surface area is 207 Å². The van der Waals surface area contributed by atoms with Crippen molar-refractivity contribution in [3.63, 3.8) is 0 Å². The van der Waals surface area contributed by atoms with Crippen LogP contribution in [-0.2, 0) is 9.53 Å². The zero-order valence-electron chi connectivity index (χ0n) is 19.4. The Kier molecular flexibility index (Phi) is 7.47. The number of carbonyl (C=O) groups is 1. The van der Waals surface area contributed by atoms with Gasteiger partial charge in [0.05, 0.1) is 17.3 Å². The van der Waals surface area contributed by atoms with Crippen molar-refractivity contribution in [2.24, 2.45) is 0 Å². The van der Waals surface area contributed by atoms with Crippen molar-refractivity contribution in [1.29, 1.82) is 0 Å². The average Bonchev–Trinajstić information content (AvgIpc) is 3.18. The molecule has 3 aromatic carbocycles. The van der Waals surface area contributed by atoms with Gasteiger partial charge in [0.1, 0.15) is 5.82 Å². The van der Waals surface area contributed by atoms with E-state index in [1.54, 1.807) is 31.2 Å². The van der Waals surface area contributed by atoms with Crippen LogP contribution in [0.15, 0.2) is 72.8 Å². The molecule has 0 saturated carbocycles. The lowest BCUT2D eigenvalue weighted by molar-refractivity contribution is -0.137. The first-order chi connectivity index (χ1) is 16.9.